The van der Waals surface area contributed by atoms with Gasteiger partial charge in [0.15, 0.2) is 0 Å². The van der Waals surface area contributed by atoms with E-state index in [4.69, 9.17) is 0 Å². The molecule has 17 heavy (non-hydrogen) atoms. The van der Waals surface area contributed by atoms with E-state index in [0.29, 0.717) is 6.07 Å². The molecule has 0 aliphatic carbocycles. The van der Waals surface area contributed by atoms with E-state index in [0.717, 1.165) is 6.07 Å². The van der Waals surface area contributed by atoms with Gasteiger partial charge in [0.1, 0.15) is 11.6 Å². The van der Waals surface area contributed by atoms with Crippen molar-refractivity contribution in [3.8, 4) is 0 Å². The van der Waals surface area contributed by atoms with Crippen LogP contribution in [0.25, 0.3) is 0 Å². The second kappa shape index (κ2) is 5.44. The SMILES string of the molecule is CC(NCCC(F)(F)F)c1ccc(F)cc1F. The first kappa shape index (κ1) is 13.9. The van der Waals surface area contributed by atoms with Gasteiger partial charge in [-0.2, -0.15) is 13.2 Å². The van der Waals surface area contributed by atoms with Crippen LogP contribution in [0.3, 0.4) is 0 Å². The molecule has 0 bridgehead atoms. The van der Waals surface area contributed by atoms with Crippen molar-refractivity contribution in [1.82, 2.24) is 5.32 Å². The second-order valence-electron chi connectivity index (χ2n) is 3.71. The highest BCUT2D eigenvalue weighted by molar-refractivity contribution is 5.21. The van der Waals surface area contributed by atoms with Gasteiger partial charge in [-0.1, -0.05) is 6.07 Å². The zero-order valence-corrected chi connectivity index (χ0v) is 9.11. The molecule has 6 heteroatoms. The standard InChI is InChI=1S/C11H12F5N/c1-7(17-5-4-11(14,15)16)9-3-2-8(12)6-10(9)13/h2-3,6-7,17H,4-5H2,1H3. The maximum absolute atomic E-state index is 13.3. The van der Waals surface area contributed by atoms with Crippen molar-refractivity contribution in [1.29, 1.82) is 0 Å². The van der Waals surface area contributed by atoms with Gasteiger partial charge >= 0.3 is 6.18 Å². The molecular weight excluding hydrogens is 241 g/mol. The third kappa shape index (κ3) is 4.68. The van der Waals surface area contributed by atoms with Crippen LogP contribution in [0.5, 0.6) is 0 Å². The van der Waals surface area contributed by atoms with Crippen molar-refractivity contribution in [3.05, 3.63) is 35.4 Å². The van der Waals surface area contributed by atoms with Crippen molar-refractivity contribution in [3.63, 3.8) is 0 Å². The zero-order valence-electron chi connectivity index (χ0n) is 9.11. The number of halogens is 5. The summed E-state index contributed by atoms with van der Waals surface area (Å²) < 4.78 is 61.5. The summed E-state index contributed by atoms with van der Waals surface area (Å²) in [4.78, 5) is 0. The maximum Gasteiger partial charge on any atom is 0.390 e. The molecule has 1 N–H and O–H groups in total. The van der Waals surface area contributed by atoms with E-state index in [-0.39, 0.29) is 12.1 Å². The predicted octanol–water partition coefficient (Wildman–Crippen LogP) is 3.57. The molecule has 0 aliphatic heterocycles. The number of hydrogen-bond acceptors (Lipinski definition) is 1. The van der Waals surface area contributed by atoms with Gasteiger partial charge < -0.3 is 5.32 Å². The molecule has 0 spiro atoms. The summed E-state index contributed by atoms with van der Waals surface area (Å²) in [6.07, 6.45) is -5.23. The summed E-state index contributed by atoms with van der Waals surface area (Å²) >= 11 is 0. The Morgan fingerprint density at radius 3 is 2.41 bits per heavy atom. The average molecular weight is 253 g/mol. The topological polar surface area (TPSA) is 12.0 Å². The van der Waals surface area contributed by atoms with E-state index in [2.05, 4.69) is 5.32 Å². The molecule has 0 fully saturated rings. The van der Waals surface area contributed by atoms with Gasteiger partial charge in [0.2, 0.25) is 0 Å². The number of rotatable bonds is 4. The molecule has 0 aromatic heterocycles. The smallest absolute Gasteiger partial charge is 0.310 e. The van der Waals surface area contributed by atoms with Crippen LogP contribution >= 0.6 is 0 Å². The van der Waals surface area contributed by atoms with Crippen LogP contribution in [0.4, 0.5) is 22.0 Å². The second-order valence-corrected chi connectivity index (χ2v) is 3.71. The molecule has 0 radical (unpaired) electrons. The molecule has 1 aromatic carbocycles. The molecule has 0 saturated carbocycles. The lowest BCUT2D eigenvalue weighted by molar-refractivity contribution is -0.133. The Bertz CT molecular complexity index is 375. The summed E-state index contributed by atoms with van der Waals surface area (Å²) in [5.74, 6) is -1.48. The summed E-state index contributed by atoms with van der Waals surface area (Å²) in [5.41, 5.74) is 0.147. The van der Waals surface area contributed by atoms with Gasteiger partial charge in [-0.15, -0.1) is 0 Å². The van der Waals surface area contributed by atoms with Crippen LogP contribution in [-0.4, -0.2) is 12.7 Å². The lowest BCUT2D eigenvalue weighted by Gasteiger charge is -2.15. The molecule has 0 amide bonds. The van der Waals surface area contributed by atoms with Crippen LogP contribution in [0.1, 0.15) is 24.9 Å². The Morgan fingerprint density at radius 1 is 1.24 bits per heavy atom. The molecule has 1 aromatic rings. The molecule has 0 saturated heterocycles. The Morgan fingerprint density at radius 2 is 1.88 bits per heavy atom. The number of nitrogens with one attached hydrogen (secondary N) is 1. The van der Waals surface area contributed by atoms with E-state index >= 15 is 0 Å². The summed E-state index contributed by atoms with van der Waals surface area (Å²) in [6.45, 7) is 1.22. The van der Waals surface area contributed by atoms with Gasteiger partial charge in [0, 0.05) is 24.2 Å². The van der Waals surface area contributed by atoms with Gasteiger partial charge in [-0.25, -0.2) is 8.78 Å². The normalized spacial score (nSPS) is 13.8. The third-order valence-electron chi connectivity index (χ3n) is 2.29. The fraction of sp³-hybridized carbons (Fsp3) is 0.455. The lowest BCUT2D eigenvalue weighted by atomic mass is 10.1. The van der Waals surface area contributed by atoms with E-state index in [9.17, 15) is 22.0 Å². The fourth-order valence-corrected chi connectivity index (χ4v) is 1.39. The van der Waals surface area contributed by atoms with E-state index in [1.54, 1.807) is 0 Å². The van der Waals surface area contributed by atoms with Crippen molar-refractivity contribution in [2.75, 3.05) is 6.54 Å². The number of benzene rings is 1. The van der Waals surface area contributed by atoms with Crippen LogP contribution in [0.15, 0.2) is 18.2 Å². The summed E-state index contributed by atoms with van der Waals surface area (Å²) in [6, 6.07) is 2.39. The Hall–Kier alpha value is -1.17. The highest BCUT2D eigenvalue weighted by Gasteiger charge is 2.26. The third-order valence-corrected chi connectivity index (χ3v) is 2.29. The van der Waals surface area contributed by atoms with Crippen LogP contribution in [0.2, 0.25) is 0 Å². The minimum atomic E-state index is -4.24. The zero-order chi connectivity index (χ0) is 13.1. The summed E-state index contributed by atoms with van der Waals surface area (Å²) in [7, 11) is 0. The highest BCUT2D eigenvalue weighted by atomic mass is 19.4. The van der Waals surface area contributed by atoms with E-state index < -0.39 is 30.3 Å². The maximum atomic E-state index is 13.3. The van der Waals surface area contributed by atoms with Crippen LogP contribution in [-0.2, 0) is 0 Å². The lowest BCUT2D eigenvalue weighted by Crippen LogP contribution is -2.25. The minimum absolute atomic E-state index is 0.147. The first-order valence-electron chi connectivity index (χ1n) is 5.04. The van der Waals surface area contributed by atoms with Crippen molar-refractivity contribution >= 4 is 0 Å². The molecule has 0 heterocycles. The molecule has 1 nitrogen and oxygen atoms in total. The summed E-state index contributed by atoms with van der Waals surface area (Å²) in [5, 5.41) is 2.53. The first-order chi connectivity index (χ1) is 7.79. The van der Waals surface area contributed by atoms with Crippen LogP contribution < -0.4 is 5.32 Å². The van der Waals surface area contributed by atoms with E-state index in [1.807, 2.05) is 0 Å². The molecule has 1 atom stereocenters. The van der Waals surface area contributed by atoms with Gasteiger partial charge in [0.05, 0.1) is 6.42 Å². The monoisotopic (exact) mass is 253 g/mol. The Kier molecular flexibility index (Phi) is 4.45. The molecule has 96 valence electrons. The predicted molar refractivity (Wildman–Crippen MR) is 53.4 cm³/mol. The average Bonchev–Trinajstić information content (AvgIpc) is 2.15. The van der Waals surface area contributed by atoms with Gasteiger partial charge in [-0.3, -0.25) is 0 Å². The molecule has 0 aliphatic rings. The van der Waals surface area contributed by atoms with Gasteiger partial charge in [-0.05, 0) is 13.0 Å². The van der Waals surface area contributed by atoms with Crippen molar-refractivity contribution < 1.29 is 22.0 Å². The van der Waals surface area contributed by atoms with Gasteiger partial charge in [0.25, 0.3) is 0 Å². The largest absolute Gasteiger partial charge is 0.390 e. The van der Waals surface area contributed by atoms with Crippen LogP contribution in [0, 0.1) is 11.6 Å². The highest BCUT2D eigenvalue weighted by Crippen LogP contribution is 2.21. The molecule has 1 rings (SSSR count). The Balaban J connectivity index is 2.55. The quantitative estimate of drug-likeness (QED) is 0.809. The van der Waals surface area contributed by atoms with Crippen molar-refractivity contribution in [2.45, 2.75) is 25.6 Å². The number of hydrogen-bond donors (Lipinski definition) is 1. The van der Waals surface area contributed by atoms with Crippen molar-refractivity contribution in [2.24, 2.45) is 0 Å². The Labute approximate surface area is 95.6 Å². The minimum Gasteiger partial charge on any atom is -0.310 e. The molecular formula is C11H12F5N. The first-order valence-corrected chi connectivity index (χ1v) is 5.04. The molecule has 1 unspecified atom stereocenters. The number of alkyl halides is 3. The fourth-order valence-electron chi connectivity index (χ4n) is 1.39. The van der Waals surface area contributed by atoms with E-state index in [1.165, 1.54) is 13.0 Å².